The molecule has 1 fully saturated rings. The van der Waals surface area contributed by atoms with E-state index in [2.05, 4.69) is 30.4 Å². The van der Waals surface area contributed by atoms with Crippen LogP contribution in [0, 0.1) is 0 Å². The van der Waals surface area contributed by atoms with Gasteiger partial charge in [0, 0.05) is 37.1 Å². The van der Waals surface area contributed by atoms with Gasteiger partial charge in [0.05, 0.1) is 18.7 Å². The van der Waals surface area contributed by atoms with Crippen LogP contribution in [0.3, 0.4) is 0 Å². The number of likely N-dealkylation sites (tertiary alicyclic amines) is 1. The zero-order valence-corrected chi connectivity index (χ0v) is 13.3. The molecule has 1 amide bonds. The molecule has 4 rings (SSSR count). The second kappa shape index (κ2) is 6.42. The third kappa shape index (κ3) is 3.14. The Morgan fingerprint density at radius 2 is 2.25 bits per heavy atom. The number of nitrogens with zero attached hydrogens (tertiary/aromatic N) is 6. The molecule has 1 saturated heterocycles. The summed E-state index contributed by atoms with van der Waals surface area (Å²) < 4.78 is 5.30. The molecule has 0 bridgehead atoms. The summed E-state index contributed by atoms with van der Waals surface area (Å²) in [5.74, 6) is 1.05. The molecule has 1 N–H and O–H groups in total. The standard InChI is InChI=1S/C14H13N7O2S/c22-11(18-14-17-3-4-24-14)8-21-6-9(7-21)13-19-12(20-23-13)10-5-15-1-2-16-10/h1-5,9H,6-8H2,(H,17,18,22). The number of hydrogen-bond donors (Lipinski definition) is 1. The molecular formula is C14H13N7O2S. The van der Waals surface area contributed by atoms with Gasteiger partial charge in [-0.15, -0.1) is 11.3 Å². The highest BCUT2D eigenvalue weighted by molar-refractivity contribution is 7.13. The summed E-state index contributed by atoms with van der Waals surface area (Å²) in [4.78, 5) is 30.4. The van der Waals surface area contributed by atoms with Gasteiger partial charge in [-0.05, 0) is 0 Å². The molecule has 0 atom stereocenters. The number of rotatable bonds is 5. The maximum atomic E-state index is 11.9. The zero-order chi connectivity index (χ0) is 16.4. The predicted octanol–water partition coefficient (Wildman–Crippen LogP) is 1.02. The van der Waals surface area contributed by atoms with Gasteiger partial charge in [-0.2, -0.15) is 4.98 Å². The van der Waals surface area contributed by atoms with Gasteiger partial charge in [0.15, 0.2) is 5.13 Å². The normalized spacial score (nSPS) is 15.2. The predicted molar refractivity (Wildman–Crippen MR) is 85.2 cm³/mol. The third-order valence-corrected chi connectivity index (χ3v) is 4.27. The lowest BCUT2D eigenvalue weighted by molar-refractivity contribution is -0.118. The minimum absolute atomic E-state index is 0.0748. The van der Waals surface area contributed by atoms with Crippen LogP contribution in [0.2, 0.25) is 0 Å². The number of carbonyl (C=O) groups is 1. The van der Waals surface area contributed by atoms with E-state index < -0.39 is 0 Å². The van der Waals surface area contributed by atoms with Crippen LogP contribution in [0.25, 0.3) is 11.5 Å². The Labute approximate surface area is 140 Å². The lowest BCUT2D eigenvalue weighted by Crippen LogP contribution is -2.48. The van der Waals surface area contributed by atoms with E-state index in [0.29, 0.717) is 42.2 Å². The monoisotopic (exact) mass is 343 g/mol. The third-order valence-electron chi connectivity index (χ3n) is 3.59. The van der Waals surface area contributed by atoms with Gasteiger partial charge in [0.2, 0.25) is 17.6 Å². The van der Waals surface area contributed by atoms with E-state index in [9.17, 15) is 4.79 Å². The van der Waals surface area contributed by atoms with Crippen molar-refractivity contribution in [1.82, 2.24) is 30.0 Å². The Morgan fingerprint density at radius 3 is 3.00 bits per heavy atom. The Bertz CT molecular complexity index is 815. The summed E-state index contributed by atoms with van der Waals surface area (Å²) in [5.41, 5.74) is 0.575. The molecule has 3 aromatic rings. The first kappa shape index (κ1) is 14.8. The summed E-state index contributed by atoms with van der Waals surface area (Å²) in [5, 5.41) is 9.13. The SMILES string of the molecule is O=C(CN1CC(c2nc(-c3cnccn3)no2)C1)Nc1nccs1. The van der Waals surface area contributed by atoms with Crippen molar-refractivity contribution < 1.29 is 9.32 Å². The Kier molecular flexibility index (Phi) is 3.97. The first-order chi connectivity index (χ1) is 11.8. The second-order valence-corrected chi connectivity index (χ2v) is 6.22. The van der Waals surface area contributed by atoms with Crippen LogP contribution in [0.15, 0.2) is 34.7 Å². The number of anilines is 1. The molecule has 4 heterocycles. The van der Waals surface area contributed by atoms with Gasteiger partial charge in [0.1, 0.15) is 5.69 Å². The van der Waals surface area contributed by atoms with Gasteiger partial charge in [0.25, 0.3) is 0 Å². The molecule has 1 aliphatic rings. The number of hydrogen-bond acceptors (Lipinski definition) is 9. The van der Waals surface area contributed by atoms with Crippen molar-refractivity contribution in [3.63, 3.8) is 0 Å². The fourth-order valence-electron chi connectivity index (χ4n) is 2.42. The summed E-state index contributed by atoms with van der Waals surface area (Å²) in [6.45, 7) is 1.72. The van der Waals surface area contributed by atoms with Gasteiger partial charge < -0.3 is 9.84 Å². The van der Waals surface area contributed by atoms with Gasteiger partial charge in [-0.25, -0.2) is 9.97 Å². The van der Waals surface area contributed by atoms with Crippen molar-refractivity contribution in [1.29, 1.82) is 0 Å². The van der Waals surface area contributed by atoms with Crippen LogP contribution >= 0.6 is 11.3 Å². The zero-order valence-electron chi connectivity index (χ0n) is 12.5. The fourth-order valence-corrected chi connectivity index (χ4v) is 2.97. The second-order valence-electron chi connectivity index (χ2n) is 5.32. The minimum Gasteiger partial charge on any atom is -0.339 e. The average molecular weight is 343 g/mol. The van der Waals surface area contributed by atoms with E-state index in [0.717, 1.165) is 0 Å². The van der Waals surface area contributed by atoms with Crippen LogP contribution in [0.5, 0.6) is 0 Å². The Hall–Kier alpha value is -2.72. The van der Waals surface area contributed by atoms with Crippen molar-refractivity contribution in [2.45, 2.75) is 5.92 Å². The summed E-state index contributed by atoms with van der Waals surface area (Å²) in [6, 6.07) is 0. The van der Waals surface area contributed by atoms with Crippen molar-refractivity contribution in [3.8, 4) is 11.5 Å². The van der Waals surface area contributed by atoms with E-state index >= 15 is 0 Å². The molecule has 10 heteroatoms. The lowest BCUT2D eigenvalue weighted by atomic mass is 10.0. The van der Waals surface area contributed by atoms with Gasteiger partial charge >= 0.3 is 0 Å². The molecule has 0 radical (unpaired) electrons. The number of carbonyl (C=O) groups excluding carboxylic acids is 1. The van der Waals surface area contributed by atoms with Crippen LogP contribution in [-0.4, -0.2) is 55.5 Å². The smallest absolute Gasteiger partial charge is 0.240 e. The number of aromatic nitrogens is 5. The molecule has 3 aromatic heterocycles. The quantitative estimate of drug-likeness (QED) is 0.731. The van der Waals surface area contributed by atoms with E-state index in [1.807, 2.05) is 10.3 Å². The molecule has 0 spiro atoms. The molecule has 9 nitrogen and oxygen atoms in total. The fraction of sp³-hybridized carbons (Fsp3) is 0.286. The molecule has 0 unspecified atom stereocenters. The average Bonchev–Trinajstić information content (AvgIpc) is 3.23. The van der Waals surface area contributed by atoms with E-state index in [1.165, 1.54) is 11.3 Å². The van der Waals surface area contributed by atoms with Crippen molar-refractivity contribution in [2.75, 3.05) is 25.0 Å². The molecule has 0 saturated carbocycles. The van der Waals surface area contributed by atoms with E-state index in [-0.39, 0.29) is 11.8 Å². The molecule has 24 heavy (non-hydrogen) atoms. The minimum atomic E-state index is -0.0748. The first-order valence-corrected chi connectivity index (χ1v) is 8.17. The lowest BCUT2D eigenvalue weighted by Gasteiger charge is -2.36. The van der Waals surface area contributed by atoms with Crippen LogP contribution in [-0.2, 0) is 4.79 Å². The topological polar surface area (TPSA) is 110 Å². The Balaban J connectivity index is 1.30. The molecule has 122 valence electrons. The number of nitrogens with one attached hydrogen (secondary N) is 1. The van der Waals surface area contributed by atoms with E-state index in [4.69, 9.17) is 4.52 Å². The molecular weight excluding hydrogens is 330 g/mol. The summed E-state index contributed by atoms with van der Waals surface area (Å²) >= 11 is 1.40. The van der Waals surface area contributed by atoms with Crippen LogP contribution in [0.1, 0.15) is 11.8 Å². The highest BCUT2D eigenvalue weighted by Crippen LogP contribution is 2.26. The van der Waals surface area contributed by atoms with Gasteiger partial charge in [-0.1, -0.05) is 5.16 Å². The first-order valence-electron chi connectivity index (χ1n) is 7.29. The van der Waals surface area contributed by atoms with Crippen LogP contribution < -0.4 is 5.32 Å². The van der Waals surface area contributed by atoms with Gasteiger partial charge in [-0.3, -0.25) is 14.7 Å². The molecule has 0 aromatic carbocycles. The highest BCUT2D eigenvalue weighted by atomic mass is 32.1. The van der Waals surface area contributed by atoms with Crippen molar-refractivity contribution in [2.24, 2.45) is 0 Å². The van der Waals surface area contributed by atoms with Crippen LogP contribution in [0.4, 0.5) is 5.13 Å². The largest absolute Gasteiger partial charge is 0.339 e. The number of thiazole rings is 1. The highest BCUT2D eigenvalue weighted by Gasteiger charge is 2.33. The Morgan fingerprint density at radius 1 is 1.33 bits per heavy atom. The molecule has 1 aliphatic heterocycles. The maximum Gasteiger partial charge on any atom is 0.240 e. The maximum absolute atomic E-state index is 11.9. The molecule has 0 aliphatic carbocycles. The van der Waals surface area contributed by atoms with E-state index in [1.54, 1.807) is 24.8 Å². The summed E-state index contributed by atoms with van der Waals surface area (Å²) in [6.07, 6.45) is 6.41. The van der Waals surface area contributed by atoms with Crippen molar-refractivity contribution >= 4 is 22.4 Å². The summed E-state index contributed by atoms with van der Waals surface area (Å²) in [7, 11) is 0. The van der Waals surface area contributed by atoms with Crippen molar-refractivity contribution in [3.05, 3.63) is 36.1 Å². The number of amides is 1.